The minimum atomic E-state index is 0.524. The van der Waals surface area contributed by atoms with E-state index in [0.29, 0.717) is 29.9 Å². The predicted molar refractivity (Wildman–Crippen MR) is 129 cm³/mol. The number of hydrogen-bond acceptors (Lipinski definition) is 5. The summed E-state index contributed by atoms with van der Waals surface area (Å²) in [4.78, 5) is 2.13. The summed E-state index contributed by atoms with van der Waals surface area (Å²) in [5.41, 5.74) is 4.94. The van der Waals surface area contributed by atoms with Gasteiger partial charge in [0.1, 0.15) is 0 Å². The van der Waals surface area contributed by atoms with Crippen LogP contribution in [-0.4, -0.2) is 31.9 Å². The highest BCUT2D eigenvalue weighted by molar-refractivity contribution is 6.30. The molecular weight excluding hydrogens is 434 g/mol. The highest BCUT2D eigenvalue weighted by Crippen LogP contribution is 2.26. The Morgan fingerprint density at radius 1 is 0.818 bits per heavy atom. The van der Waals surface area contributed by atoms with Gasteiger partial charge in [0.05, 0.1) is 17.9 Å². The van der Waals surface area contributed by atoms with Crippen LogP contribution in [0.3, 0.4) is 0 Å². The number of para-hydroxylation sites is 1. The molecule has 0 atom stereocenters. The van der Waals surface area contributed by atoms with Gasteiger partial charge in [-0.3, -0.25) is 4.90 Å². The average Bonchev–Trinajstić information content (AvgIpc) is 3.48. The smallest absolute Gasteiger partial charge is 0.247 e. The zero-order valence-corrected chi connectivity index (χ0v) is 18.9. The van der Waals surface area contributed by atoms with Crippen molar-refractivity contribution in [3.63, 3.8) is 0 Å². The third kappa shape index (κ3) is 4.87. The molecule has 0 saturated carbocycles. The molecule has 0 aliphatic rings. The van der Waals surface area contributed by atoms with E-state index in [4.69, 9.17) is 21.1 Å². The van der Waals surface area contributed by atoms with Gasteiger partial charge >= 0.3 is 0 Å². The molecule has 0 fully saturated rings. The second-order valence-electron chi connectivity index (χ2n) is 7.83. The average molecular weight is 456 g/mol. The van der Waals surface area contributed by atoms with E-state index in [0.717, 1.165) is 28.1 Å². The van der Waals surface area contributed by atoms with E-state index in [9.17, 15) is 0 Å². The molecule has 2 heterocycles. The molecule has 0 radical (unpaired) electrons. The van der Waals surface area contributed by atoms with E-state index >= 15 is 0 Å². The topological polar surface area (TPSA) is 60.0 Å². The Morgan fingerprint density at radius 2 is 1.52 bits per heavy atom. The van der Waals surface area contributed by atoms with Crippen molar-refractivity contribution in [2.45, 2.75) is 13.1 Å². The Labute approximate surface area is 197 Å². The number of aromatic nitrogens is 4. The lowest BCUT2D eigenvalue weighted by Gasteiger charge is -2.14. The van der Waals surface area contributed by atoms with Crippen LogP contribution in [0.4, 0.5) is 0 Å². The standard InChI is InChI=1S/C26H22ClN5O/c1-31(18-24-28-29-26(33-24)20-8-4-2-5-9-20)16-21-17-32(23-10-6-3-7-11-23)30-25(21)19-12-14-22(27)15-13-19/h2-15,17H,16,18H2,1H3. The van der Waals surface area contributed by atoms with Gasteiger partial charge in [-0.1, -0.05) is 60.1 Å². The normalized spacial score (nSPS) is 11.2. The molecule has 0 aliphatic heterocycles. The zero-order valence-electron chi connectivity index (χ0n) is 18.1. The number of benzene rings is 3. The summed E-state index contributed by atoms with van der Waals surface area (Å²) in [5, 5.41) is 14.0. The first-order valence-corrected chi connectivity index (χ1v) is 11.0. The molecule has 6 nitrogen and oxygen atoms in total. The minimum Gasteiger partial charge on any atom is -0.419 e. The molecule has 164 valence electrons. The summed E-state index contributed by atoms with van der Waals surface area (Å²) >= 11 is 6.10. The molecule has 33 heavy (non-hydrogen) atoms. The summed E-state index contributed by atoms with van der Waals surface area (Å²) in [6.07, 6.45) is 2.07. The number of halogens is 1. The maximum Gasteiger partial charge on any atom is 0.247 e. The number of nitrogens with zero attached hydrogens (tertiary/aromatic N) is 5. The largest absolute Gasteiger partial charge is 0.419 e. The molecule has 0 unspecified atom stereocenters. The summed E-state index contributed by atoms with van der Waals surface area (Å²) in [6.45, 7) is 1.18. The van der Waals surface area contributed by atoms with Crippen molar-refractivity contribution in [3.05, 3.63) is 108 Å². The SMILES string of the molecule is CN(Cc1nnc(-c2ccccc2)o1)Cc1cn(-c2ccccc2)nc1-c1ccc(Cl)cc1. The molecule has 2 aromatic heterocycles. The molecule has 0 saturated heterocycles. The second-order valence-corrected chi connectivity index (χ2v) is 8.27. The van der Waals surface area contributed by atoms with Crippen LogP contribution in [0.5, 0.6) is 0 Å². The highest BCUT2D eigenvalue weighted by Gasteiger charge is 2.16. The second kappa shape index (κ2) is 9.40. The Morgan fingerprint density at radius 3 is 2.24 bits per heavy atom. The van der Waals surface area contributed by atoms with E-state index in [2.05, 4.69) is 21.3 Å². The first kappa shape index (κ1) is 21.1. The molecule has 0 amide bonds. The van der Waals surface area contributed by atoms with Crippen LogP contribution >= 0.6 is 11.6 Å². The fourth-order valence-electron chi connectivity index (χ4n) is 3.68. The van der Waals surface area contributed by atoms with Crippen molar-refractivity contribution in [1.82, 2.24) is 24.9 Å². The molecule has 5 rings (SSSR count). The maximum absolute atomic E-state index is 6.10. The van der Waals surface area contributed by atoms with Crippen LogP contribution in [0, 0.1) is 0 Å². The summed E-state index contributed by atoms with van der Waals surface area (Å²) in [7, 11) is 2.03. The first-order chi connectivity index (χ1) is 16.2. The number of hydrogen-bond donors (Lipinski definition) is 0. The van der Waals surface area contributed by atoms with Gasteiger partial charge in [-0.25, -0.2) is 4.68 Å². The van der Waals surface area contributed by atoms with Gasteiger partial charge in [0.25, 0.3) is 0 Å². The van der Waals surface area contributed by atoms with Crippen LogP contribution < -0.4 is 0 Å². The molecule has 3 aromatic carbocycles. The van der Waals surface area contributed by atoms with Gasteiger partial charge in [-0.2, -0.15) is 5.10 Å². The molecule has 5 aromatic rings. The monoisotopic (exact) mass is 455 g/mol. The molecule has 0 spiro atoms. The van der Waals surface area contributed by atoms with Crippen molar-refractivity contribution in [2.75, 3.05) is 7.05 Å². The molecule has 0 bridgehead atoms. The summed E-state index contributed by atoms with van der Waals surface area (Å²) < 4.78 is 7.79. The lowest BCUT2D eigenvalue weighted by Crippen LogP contribution is -2.17. The van der Waals surface area contributed by atoms with Crippen molar-refractivity contribution in [3.8, 4) is 28.4 Å². The lowest BCUT2D eigenvalue weighted by molar-refractivity contribution is 0.283. The quantitative estimate of drug-likeness (QED) is 0.307. The van der Waals surface area contributed by atoms with Crippen LogP contribution in [0.2, 0.25) is 5.02 Å². The van der Waals surface area contributed by atoms with Crippen LogP contribution in [0.1, 0.15) is 11.5 Å². The lowest BCUT2D eigenvalue weighted by atomic mass is 10.1. The van der Waals surface area contributed by atoms with Gasteiger partial charge in [0.2, 0.25) is 11.8 Å². The Balaban J connectivity index is 1.39. The van der Waals surface area contributed by atoms with Gasteiger partial charge in [0, 0.05) is 34.5 Å². The van der Waals surface area contributed by atoms with Crippen molar-refractivity contribution >= 4 is 11.6 Å². The fourth-order valence-corrected chi connectivity index (χ4v) is 3.81. The van der Waals surface area contributed by atoms with Gasteiger partial charge in [0.15, 0.2) is 0 Å². The summed E-state index contributed by atoms with van der Waals surface area (Å²) in [5.74, 6) is 1.09. The third-order valence-corrected chi connectivity index (χ3v) is 5.51. The van der Waals surface area contributed by atoms with Gasteiger partial charge in [-0.15, -0.1) is 10.2 Å². The van der Waals surface area contributed by atoms with Gasteiger partial charge < -0.3 is 4.42 Å². The molecule has 7 heteroatoms. The van der Waals surface area contributed by atoms with E-state index < -0.39 is 0 Å². The van der Waals surface area contributed by atoms with Crippen molar-refractivity contribution in [1.29, 1.82) is 0 Å². The highest BCUT2D eigenvalue weighted by atomic mass is 35.5. The predicted octanol–water partition coefficient (Wildman–Crippen LogP) is 5.87. The minimum absolute atomic E-state index is 0.524. The maximum atomic E-state index is 6.10. The van der Waals surface area contributed by atoms with Crippen LogP contribution in [-0.2, 0) is 13.1 Å². The van der Waals surface area contributed by atoms with Crippen molar-refractivity contribution in [2.24, 2.45) is 0 Å². The molecule has 0 N–H and O–H groups in total. The Kier molecular flexibility index (Phi) is 6.02. The summed E-state index contributed by atoms with van der Waals surface area (Å²) in [6, 6.07) is 27.6. The fraction of sp³-hybridized carbons (Fsp3) is 0.115. The first-order valence-electron chi connectivity index (χ1n) is 10.6. The zero-order chi connectivity index (χ0) is 22.6. The van der Waals surface area contributed by atoms with Crippen LogP contribution in [0.25, 0.3) is 28.4 Å². The van der Waals surface area contributed by atoms with E-state index in [1.165, 1.54) is 0 Å². The van der Waals surface area contributed by atoms with E-state index in [-0.39, 0.29) is 0 Å². The van der Waals surface area contributed by atoms with E-state index in [1.807, 2.05) is 96.7 Å². The Bertz CT molecular complexity index is 1330. The molecule has 0 aliphatic carbocycles. The van der Waals surface area contributed by atoms with Crippen LogP contribution in [0.15, 0.2) is 95.5 Å². The number of rotatable bonds is 7. The Hall–Kier alpha value is -3.74. The van der Waals surface area contributed by atoms with E-state index in [1.54, 1.807) is 0 Å². The van der Waals surface area contributed by atoms with Gasteiger partial charge in [-0.05, 0) is 43.4 Å². The third-order valence-electron chi connectivity index (χ3n) is 5.26. The van der Waals surface area contributed by atoms with Crippen molar-refractivity contribution < 1.29 is 4.42 Å². The molecular formula is C26H22ClN5O.